The molecule has 0 unspecified atom stereocenters. The van der Waals surface area contributed by atoms with Gasteiger partial charge < -0.3 is 4.42 Å². The van der Waals surface area contributed by atoms with Gasteiger partial charge in [0.1, 0.15) is 11.2 Å². The number of furan rings is 1. The van der Waals surface area contributed by atoms with Crippen molar-refractivity contribution in [1.29, 1.82) is 0 Å². The zero-order chi connectivity index (χ0) is 33.0. The minimum atomic E-state index is 0.599. The second-order valence-corrected chi connectivity index (χ2v) is 13.5. The molecule has 50 heavy (non-hydrogen) atoms. The average Bonchev–Trinajstić information content (AvgIpc) is 3.76. The van der Waals surface area contributed by atoms with Gasteiger partial charge in [0.25, 0.3) is 0 Å². The van der Waals surface area contributed by atoms with Crippen LogP contribution >= 0.6 is 11.3 Å². The van der Waals surface area contributed by atoms with E-state index in [0.717, 1.165) is 44.2 Å². The molecule has 234 valence electrons. The lowest BCUT2D eigenvalue weighted by molar-refractivity contribution is 0.670. The van der Waals surface area contributed by atoms with E-state index in [-0.39, 0.29) is 0 Å². The zero-order valence-corrected chi connectivity index (χ0v) is 27.6. The summed E-state index contributed by atoms with van der Waals surface area (Å²) in [4.78, 5) is 14.8. The predicted molar refractivity (Wildman–Crippen MR) is 207 cm³/mol. The van der Waals surface area contributed by atoms with Crippen molar-refractivity contribution in [2.24, 2.45) is 0 Å². The third-order valence-corrected chi connectivity index (χ3v) is 10.4. The molecule has 10 rings (SSSR count). The molecule has 7 aromatic carbocycles. The first-order chi connectivity index (χ1) is 24.8. The Bertz CT molecular complexity index is 2800. The Morgan fingerprint density at radius 1 is 0.380 bits per heavy atom. The molecule has 0 amide bonds. The van der Waals surface area contributed by atoms with E-state index in [1.807, 2.05) is 72.0 Å². The van der Waals surface area contributed by atoms with Gasteiger partial charge in [0.15, 0.2) is 17.5 Å². The van der Waals surface area contributed by atoms with Crippen molar-refractivity contribution in [3.63, 3.8) is 0 Å². The van der Waals surface area contributed by atoms with Crippen molar-refractivity contribution >= 4 is 53.4 Å². The van der Waals surface area contributed by atoms with Crippen molar-refractivity contribution < 1.29 is 4.42 Å². The van der Waals surface area contributed by atoms with E-state index in [1.165, 1.54) is 36.9 Å². The Kier molecular flexibility index (Phi) is 6.64. The summed E-state index contributed by atoms with van der Waals surface area (Å²) in [7, 11) is 0. The predicted octanol–water partition coefficient (Wildman–Crippen LogP) is 12.5. The van der Waals surface area contributed by atoms with Crippen LogP contribution in [-0.2, 0) is 0 Å². The van der Waals surface area contributed by atoms with Crippen LogP contribution in [0, 0.1) is 0 Å². The van der Waals surface area contributed by atoms with E-state index in [9.17, 15) is 0 Å². The molecule has 5 heteroatoms. The second-order valence-electron chi connectivity index (χ2n) is 12.4. The van der Waals surface area contributed by atoms with Crippen LogP contribution < -0.4 is 0 Å². The standard InChI is InChI=1S/C45H27N3OS/c1-4-13-28(14-5-1)32-25-37(41-36-19-10-11-22-39(36)50-40(41)27-32)35-21-12-20-34-33-24-23-31(26-38(33)49-42(34)35)45-47-43(29-15-6-2-7-16-29)46-44(48-45)30-17-8-3-9-18-30/h1-27H. The SMILES string of the molecule is c1ccc(-c2cc(-c3cccc4c3oc3cc(-c5nc(-c6ccccc6)nc(-c6ccccc6)n5)ccc34)c3c(c2)sc2ccccc23)cc1. The highest BCUT2D eigenvalue weighted by Gasteiger charge is 2.19. The molecule has 0 aliphatic rings. The lowest BCUT2D eigenvalue weighted by atomic mass is 9.93. The molecule has 3 aromatic heterocycles. The monoisotopic (exact) mass is 657 g/mol. The normalized spacial score (nSPS) is 11.6. The number of nitrogens with zero attached hydrogens (tertiary/aromatic N) is 3. The minimum Gasteiger partial charge on any atom is -0.455 e. The van der Waals surface area contributed by atoms with Crippen LogP contribution in [0.2, 0.25) is 0 Å². The van der Waals surface area contributed by atoms with E-state index in [0.29, 0.717) is 17.5 Å². The number of para-hydroxylation sites is 1. The zero-order valence-electron chi connectivity index (χ0n) is 26.7. The summed E-state index contributed by atoms with van der Waals surface area (Å²) in [6, 6.07) is 56.8. The molecule has 0 atom stereocenters. The van der Waals surface area contributed by atoms with Crippen LogP contribution in [0.1, 0.15) is 0 Å². The van der Waals surface area contributed by atoms with Gasteiger partial charge in [-0.25, -0.2) is 15.0 Å². The second kappa shape index (κ2) is 11.6. The van der Waals surface area contributed by atoms with Crippen molar-refractivity contribution in [1.82, 2.24) is 15.0 Å². The molecule has 0 saturated carbocycles. The number of thiophene rings is 1. The molecule has 0 bridgehead atoms. The molecule has 0 radical (unpaired) electrons. The van der Waals surface area contributed by atoms with Crippen molar-refractivity contribution in [3.05, 3.63) is 164 Å². The van der Waals surface area contributed by atoms with E-state index in [2.05, 4.69) is 103 Å². The summed E-state index contributed by atoms with van der Waals surface area (Å²) in [5.41, 5.74) is 9.02. The van der Waals surface area contributed by atoms with Crippen LogP contribution in [0.3, 0.4) is 0 Å². The van der Waals surface area contributed by atoms with Crippen molar-refractivity contribution in [3.8, 4) is 56.4 Å². The molecule has 0 saturated heterocycles. The van der Waals surface area contributed by atoms with Crippen LogP contribution in [0.4, 0.5) is 0 Å². The molecule has 0 aliphatic carbocycles. The Hall–Kier alpha value is -6.43. The number of hydrogen-bond donors (Lipinski definition) is 0. The van der Waals surface area contributed by atoms with Gasteiger partial charge in [-0.05, 0) is 47.0 Å². The molecule has 3 heterocycles. The number of fused-ring (bicyclic) bond motifs is 6. The smallest absolute Gasteiger partial charge is 0.164 e. The first-order valence-corrected chi connectivity index (χ1v) is 17.4. The maximum atomic E-state index is 6.85. The van der Waals surface area contributed by atoms with Crippen molar-refractivity contribution in [2.75, 3.05) is 0 Å². The number of rotatable bonds is 5. The number of hydrogen-bond acceptors (Lipinski definition) is 5. The average molecular weight is 658 g/mol. The third-order valence-electron chi connectivity index (χ3n) is 9.33. The molecule has 0 N–H and O–H groups in total. The molecule has 4 nitrogen and oxygen atoms in total. The first-order valence-electron chi connectivity index (χ1n) is 16.6. The highest BCUT2D eigenvalue weighted by Crippen LogP contribution is 2.46. The summed E-state index contributed by atoms with van der Waals surface area (Å²) in [5.74, 6) is 1.86. The summed E-state index contributed by atoms with van der Waals surface area (Å²) < 4.78 is 9.38. The van der Waals surface area contributed by atoms with Crippen LogP contribution in [0.5, 0.6) is 0 Å². The van der Waals surface area contributed by atoms with Gasteiger partial charge in [-0.3, -0.25) is 0 Å². The lowest BCUT2D eigenvalue weighted by Gasteiger charge is -2.10. The fraction of sp³-hybridized carbons (Fsp3) is 0. The van der Waals surface area contributed by atoms with Crippen molar-refractivity contribution in [2.45, 2.75) is 0 Å². The summed E-state index contributed by atoms with van der Waals surface area (Å²) in [6.45, 7) is 0. The van der Waals surface area contributed by atoms with Gasteiger partial charge in [-0.15, -0.1) is 11.3 Å². The van der Waals surface area contributed by atoms with E-state index in [1.54, 1.807) is 0 Å². The Morgan fingerprint density at radius 3 is 1.68 bits per heavy atom. The van der Waals surface area contributed by atoms with Gasteiger partial charge in [0.2, 0.25) is 0 Å². The summed E-state index contributed by atoms with van der Waals surface area (Å²) in [5, 5.41) is 4.64. The maximum absolute atomic E-state index is 6.85. The summed E-state index contributed by atoms with van der Waals surface area (Å²) >= 11 is 1.84. The van der Waals surface area contributed by atoms with Crippen LogP contribution in [0.25, 0.3) is 98.5 Å². The maximum Gasteiger partial charge on any atom is 0.164 e. The van der Waals surface area contributed by atoms with E-state index < -0.39 is 0 Å². The third kappa shape index (κ3) is 4.79. The summed E-state index contributed by atoms with van der Waals surface area (Å²) in [6.07, 6.45) is 0. The molecule has 10 aromatic rings. The fourth-order valence-corrected chi connectivity index (χ4v) is 8.12. The molecule has 0 fully saturated rings. The van der Waals surface area contributed by atoms with Gasteiger partial charge in [-0.1, -0.05) is 133 Å². The number of benzene rings is 7. The number of aromatic nitrogens is 3. The molecular formula is C45H27N3OS. The lowest BCUT2D eigenvalue weighted by Crippen LogP contribution is -2.00. The Morgan fingerprint density at radius 2 is 0.980 bits per heavy atom. The molecule has 0 spiro atoms. The minimum absolute atomic E-state index is 0.599. The van der Waals surface area contributed by atoms with Crippen LogP contribution in [-0.4, -0.2) is 15.0 Å². The topological polar surface area (TPSA) is 51.8 Å². The highest BCUT2D eigenvalue weighted by molar-refractivity contribution is 7.26. The molecular weight excluding hydrogens is 631 g/mol. The van der Waals surface area contributed by atoms with E-state index >= 15 is 0 Å². The van der Waals surface area contributed by atoms with Gasteiger partial charge in [-0.2, -0.15) is 0 Å². The quantitative estimate of drug-likeness (QED) is 0.185. The fourth-order valence-electron chi connectivity index (χ4n) is 6.95. The van der Waals surface area contributed by atoms with Gasteiger partial charge in [0.05, 0.1) is 0 Å². The van der Waals surface area contributed by atoms with E-state index in [4.69, 9.17) is 19.4 Å². The van der Waals surface area contributed by atoms with Crippen LogP contribution in [0.15, 0.2) is 168 Å². The van der Waals surface area contributed by atoms with Gasteiger partial charge >= 0.3 is 0 Å². The highest BCUT2D eigenvalue weighted by atomic mass is 32.1. The molecule has 0 aliphatic heterocycles. The Balaban J connectivity index is 1.18. The largest absolute Gasteiger partial charge is 0.455 e. The Labute approximate surface area is 292 Å². The van der Waals surface area contributed by atoms with Gasteiger partial charge in [0, 0.05) is 53.2 Å². The first kappa shape index (κ1) is 28.6.